The minimum atomic E-state index is -0.783. The molecule has 1 aliphatic heterocycles. The van der Waals surface area contributed by atoms with Gasteiger partial charge in [0.25, 0.3) is 0 Å². The molecule has 0 spiro atoms. The molecule has 0 radical (unpaired) electrons. The van der Waals surface area contributed by atoms with Crippen molar-refractivity contribution < 1.29 is 13.5 Å². The van der Waals surface area contributed by atoms with Gasteiger partial charge in [0.1, 0.15) is 12.4 Å². The zero-order chi connectivity index (χ0) is 16.2. The van der Waals surface area contributed by atoms with Crippen LogP contribution < -0.4 is 10.1 Å². The highest BCUT2D eigenvalue weighted by molar-refractivity contribution is 6.32. The second-order valence-corrected chi connectivity index (χ2v) is 6.12. The highest BCUT2D eigenvalue weighted by Crippen LogP contribution is 2.32. The van der Waals surface area contributed by atoms with E-state index in [9.17, 15) is 8.78 Å². The molecule has 1 saturated heterocycles. The fourth-order valence-corrected chi connectivity index (χ4v) is 3.26. The van der Waals surface area contributed by atoms with E-state index >= 15 is 0 Å². The predicted molar refractivity (Wildman–Crippen MR) is 87.0 cm³/mol. The third kappa shape index (κ3) is 3.82. The first-order chi connectivity index (χ1) is 11.1. The average molecular weight is 338 g/mol. The van der Waals surface area contributed by atoms with Crippen molar-refractivity contribution in [2.24, 2.45) is 0 Å². The smallest absolute Gasteiger partial charge is 0.174 e. The molecule has 2 nitrogen and oxygen atoms in total. The van der Waals surface area contributed by atoms with E-state index in [-0.39, 0.29) is 17.4 Å². The average Bonchev–Trinajstić information content (AvgIpc) is 2.55. The molecular formula is C18H18ClF2NO. The third-order valence-electron chi connectivity index (χ3n) is 4.17. The summed E-state index contributed by atoms with van der Waals surface area (Å²) in [7, 11) is 0. The van der Waals surface area contributed by atoms with Gasteiger partial charge >= 0.3 is 0 Å². The summed E-state index contributed by atoms with van der Waals surface area (Å²) in [6, 6.07) is 9.85. The monoisotopic (exact) mass is 337 g/mol. The molecule has 0 saturated carbocycles. The van der Waals surface area contributed by atoms with Crippen LogP contribution in [0.25, 0.3) is 0 Å². The molecule has 2 aromatic rings. The van der Waals surface area contributed by atoms with E-state index in [0.29, 0.717) is 5.92 Å². The standard InChI is InChI=1S/C18H18ClF2NO/c19-16-9-14(20)10-17(21)18(16)23-11-13-3-1-2-4-15(13)12-5-7-22-8-6-12/h1-4,9-10,12,22H,5-8,11H2. The molecule has 23 heavy (non-hydrogen) atoms. The van der Waals surface area contributed by atoms with Gasteiger partial charge in [-0.2, -0.15) is 0 Å². The number of rotatable bonds is 4. The Labute approximate surface area is 139 Å². The summed E-state index contributed by atoms with van der Waals surface area (Å²) in [5.74, 6) is -1.12. The summed E-state index contributed by atoms with van der Waals surface area (Å²) >= 11 is 5.88. The highest BCUT2D eigenvalue weighted by atomic mass is 35.5. The molecule has 0 amide bonds. The van der Waals surface area contributed by atoms with E-state index in [1.54, 1.807) is 0 Å². The van der Waals surface area contributed by atoms with Crippen molar-refractivity contribution in [1.82, 2.24) is 5.32 Å². The predicted octanol–water partition coefficient (Wildman–Crippen LogP) is 4.66. The van der Waals surface area contributed by atoms with Gasteiger partial charge < -0.3 is 10.1 Å². The van der Waals surface area contributed by atoms with Crippen LogP contribution in [-0.4, -0.2) is 13.1 Å². The maximum atomic E-state index is 13.8. The number of ether oxygens (including phenoxy) is 1. The summed E-state index contributed by atoms with van der Waals surface area (Å²) in [6.07, 6.45) is 2.14. The van der Waals surface area contributed by atoms with Crippen molar-refractivity contribution in [2.75, 3.05) is 13.1 Å². The molecule has 0 unspecified atom stereocenters. The molecule has 0 aromatic heterocycles. The molecule has 1 aliphatic rings. The van der Waals surface area contributed by atoms with Gasteiger partial charge in [-0.3, -0.25) is 0 Å². The highest BCUT2D eigenvalue weighted by Gasteiger charge is 2.19. The van der Waals surface area contributed by atoms with Crippen LogP contribution in [0.1, 0.15) is 29.9 Å². The Kier molecular flexibility index (Phi) is 5.13. The molecule has 0 aliphatic carbocycles. The Bertz CT molecular complexity index is 663. The normalized spacial score (nSPS) is 15.6. The van der Waals surface area contributed by atoms with Crippen molar-refractivity contribution in [3.05, 3.63) is 64.2 Å². The molecule has 0 atom stereocenters. The van der Waals surface area contributed by atoms with Crippen LogP contribution >= 0.6 is 11.6 Å². The number of halogens is 3. The zero-order valence-electron chi connectivity index (χ0n) is 12.6. The van der Waals surface area contributed by atoms with Crippen LogP contribution in [-0.2, 0) is 6.61 Å². The Morgan fingerprint density at radius 3 is 2.61 bits per heavy atom. The van der Waals surface area contributed by atoms with Gasteiger partial charge in [0, 0.05) is 6.07 Å². The van der Waals surface area contributed by atoms with Crippen LogP contribution in [0.4, 0.5) is 8.78 Å². The SMILES string of the molecule is Fc1cc(F)c(OCc2ccccc2C2CCNCC2)c(Cl)c1. The van der Waals surface area contributed by atoms with E-state index in [4.69, 9.17) is 16.3 Å². The summed E-state index contributed by atoms with van der Waals surface area (Å²) in [6.45, 7) is 2.21. The van der Waals surface area contributed by atoms with Gasteiger partial charge in [0.05, 0.1) is 5.02 Å². The number of nitrogens with one attached hydrogen (secondary N) is 1. The van der Waals surface area contributed by atoms with E-state index < -0.39 is 11.6 Å². The minimum absolute atomic E-state index is 0.0538. The van der Waals surface area contributed by atoms with Crippen molar-refractivity contribution in [3.63, 3.8) is 0 Å². The first-order valence-electron chi connectivity index (χ1n) is 7.71. The largest absolute Gasteiger partial charge is 0.484 e. The second kappa shape index (κ2) is 7.28. The molecule has 1 heterocycles. The van der Waals surface area contributed by atoms with Gasteiger partial charge in [-0.15, -0.1) is 0 Å². The third-order valence-corrected chi connectivity index (χ3v) is 4.45. The summed E-state index contributed by atoms with van der Waals surface area (Å²) in [5, 5.41) is 3.29. The quantitative estimate of drug-likeness (QED) is 0.875. The lowest BCUT2D eigenvalue weighted by Gasteiger charge is -2.25. The molecule has 5 heteroatoms. The minimum Gasteiger partial charge on any atom is -0.484 e. The van der Waals surface area contributed by atoms with Crippen molar-refractivity contribution in [1.29, 1.82) is 0 Å². The van der Waals surface area contributed by atoms with Crippen molar-refractivity contribution in [2.45, 2.75) is 25.4 Å². The van der Waals surface area contributed by atoms with Gasteiger partial charge in [-0.05, 0) is 49.0 Å². The summed E-state index contributed by atoms with van der Waals surface area (Å²) in [5.41, 5.74) is 2.24. The van der Waals surface area contributed by atoms with Crippen LogP contribution in [0.3, 0.4) is 0 Å². The number of piperidine rings is 1. The second-order valence-electron chi connectivity index (χ2n) is 5.71. The van der Waals surface area contributed by atoms with Crippen LogP contribution in [0.15, 0.2) is 36.4 Å². The summed E-state index contributed by atoms with van der Waals surface area (Å²) < 4.78 is 32.5. The van der Waals surface area contributed by atoms with Gasteiger partial charge in [-0.25, -0.2) is 8.78 Å². The number of benzene rings is 2. The molecular weight excluding hydrogens is 320 g/mol. The molecule has 2 aromatic carbocycles. The Morgan fingerprint density at radius 1 is 1.13 bits per heavy atom. The fraction of sp³-hybridized carbons (Fsp3) is 0.333. The lowest BCUT2D eigenvalue weighted by Crippen LogP contribution is -2.27. The van der Waals surface area contributed by atoms with Gasteiger partial charge in [0.2, 0.25) is 0 Å². The zero-order valence-corrected chi connectivity index (χ0v) is 13.4. The van der Waals surface area contributed by atoms with Crippen LogP contribution in [0, 0.1) is 11.6 Å². The van der Waals surface area contributed by atoms with Crippen molar-refractivity contribution >= 4 is 11.6 Å². The molecule has 3 rings (SSSR count). The van der Waals surface area contributed by atoms with Crippen LogP contribution in [0.5, 0.6) is 5.75 Å². The topological polar surface area (TPSA) is 21.3 Å². The first kappa shape index (κ1) is 16.2. The molecule has 122 valence electrons. The van der Waals surface area contributed by atoms with E-state index in [2.05, 4.69) is 11.4 Å². The Morgan fingerprint density at radius 2 is 1.87 bits per heavy atom. The molecule has 1 N–H and O–H groups in total. The summed E-state index contributed by atoms with van der Waals surface area (Å²) in [4.78, 5) is 0. The van der Waals surface area contributed by atoms with Crippen LogP contribution in [0.2, 0.25) is 5.02 Å². The lowest BCUT2D eigenvalue weighted by molar-refractivity contribution is 0.287. The molecule has 0 bridgehead atoms. The van der Waals surface area contributed by atoms with E-state index in [1.165, 1.54) is 5.56 Å². The Hall–Kier alpha value is -1.65. The number of hydrogen-bond acceptors (Lipinski definition) is 2. The van der Waals surface area contributed by atoms with Gasteiger partial charge in [-0.1, -0.05) is 35.9 Å². The lowest BCUT2D eigenvalue weighted by atomic mass is 9.87. The van der Waals surface area contributed by atoms with E-state index in [0.717, 1.165) is 43.6 Å². The van der Waals surface area contributed by atoms with Gasteiger partial charge in [0.15, 0.2) is 11.6 Å². The van der Waals surface area contributed by atoms with Crippen molar-refractivity contribution in [3.8, 4) is 5.75 Å². The van der Waals surface area contributed by atoms with E-state index in [1.807, 2.05) is 18.2 Å². The first-order valence-corrected chi connectivity index (χ1v) is 8.09. The fourth-order valence-electron chi connectivity index (χ4n) is 3.01. The maximum absolute atomic E-state index is 13.8. The Balaban J connectivity index is 1.79. The molecule has 1 fully saturated rings. The number of hydrogen-bond donors (Lipinski definition) is 1. The maximum Gasteiger partial charge on any atom is 0.174 e.